The van der Waals surface area contributed by atoms with Gasteiger partial charge in [-0.2, -0.15) is 0 Å². The number of rotatable bonds is 3. The first kappa shape index (κ1) is 16.2. The van der Waals surface area contributed by atoms with Crippen LogP contribution in [0.4, 0.5) is 16.2 Å². The van der Waals surface area contributed by atoms with Crippen molar-refractivity contribution in [3.8, 4) is 0 Å². The number of fused-ring (bicyclic) bond motifs is 1. The number of ether oxygens (including phenoxy) is 1. The van der Waals surface area contributed by atoms with E-state index in [4.69, 9.17) is 4.74 Å². The van der Waals surface area contributed by atoms with E-state index in [-0.39, 0.29) is 12.1 Å². The molecule has 1 amide bonds. The summed E-state index contributed by atoms with van der Waals surface area (Å²) in [6.45, 7) is 2.57. The highest BCUT2D eigenvalue weighted by molar-refractivity contribution is 5.93. The Kier molecular flexibility index (Phi) is 3.96. The van der Waals surface area contributed by atoms with Crippen LogP contribution in [0.15, 0.2) is 48.8 Å². The summed E-state index contributed by atoms with van der Waals surface area (Å²) in [5.41, 5.74) is 4.95. The minimum absolute atomic E-state index is 0.123. The maximum atomic E-state index is 12.5. The molecule has 1 N–H and O–H groups in total. The largest absolute Gasteiger partial charge is 0.447 e. The molecule has 0 spiro atoms. The van der Waals surface area contributed by atoms with Gasteiger partial charge in [0.2, 0.25) is 0 Å². The highest BCUT2D eigenvalue weighted by atomic mass is 16.6. The summed E-state index contributed by atoms with van der Waals surface area (Å²) in [6.07, 6.45) is 5.15. The average molecular weight is 362 g/mol. The van der Waals surface area contributed by atoms with Gasteiger partial charge in [-0.15, -0.1) is 0 Å². The molecule has 1 aromatic heterocycles. The zero-order chi connectivity index (χ0) is 18.2. The van der Waals surface area contributed by atoms with E-state index in [0.717, 1.165) is 35.4 Å². The highest BCUT2D eigenvalue weighted by Gasteiger charge is 2.35. The molecule has 3 aromatic rings. The number of benzene rings is 2. The summed E-state index contributed by atoms with van der Waals surface area (Å²) in [5, 5.41) is 0. The minimum atomic E-state index is -0.303. The standard InChI is InChI=1S/C21H22N4O2/c26-21-25(17-7-8-18-19(12-17)23-14-22-18)20(13-27-21)15-5-4-6-16(11-15)24-9-2-1-3-10-24/h4-8,11-12,14,20H,1-3,9-10,13H2,(H,22,23)/t20-/m1/s1. The van der Waals surface area contributed by atoms with Gasteiger partial charge in [-0.3, -0.25) is 4.90 Å². The molecule has 6 heteroatoms. The van der Waals surface area contributed by atoms with Gasteiger partial charge in [-0.05, 0) is 55.2 Å². The molecule has 5 rings (SSSR count). The molecule has 0 bridgehead atoms. The first-order valence-corrected chi connectivity index (χ1v) is 9.54. The number of aromatic amines is 1. The van der Waals surface area contributed by atoms with Crippen molar-refractivity contribution in [3.63, 3.8) is 0 Å². The molecule has 1 atom stereocenters. The summed E-state index contributed by atoms with van der Waals surface area (Å²) < 4.78 is 5.41. The predicted molar refractivity (Wildman–Crippen MR) is 105 cm³/mol. The maximum absolute atomic E-state index is 12.5. The monoisotopic (exact) mass is 362 g/mol. The van der Waals surface area contributed by atoms with E-state index in [0.29, 0.717) is 6.61 Å². The number of nitrogens with zero attached hydrogens (tertiary/aromatic N) is 3. The maximum Gasteiger partial charge on any atom is 0.415 e. The van der Waals surface area contributed by atoms with Crippen LogP contribution in [0.1, 0.15) is 30.9 Å². The molecule has 27 heavy (non-hydrogen) atoms. The van der Waals surface area contributed by atoms with Gasteiger partial charge in [-0.1, -0.05) is 12.1 Å². The Morgan fingerprint density at radius 2 is 1.93 bits per heavy atom. The third-order valence-electron chi connectivity index (χ3n) is 5.53. The van der Waals surface area contributed by atoms with E-state index in [1.807, 2.05) is 18.2 Å². The molecular formula is C21H22N4O2. The van der Waals surface area contributed by atoms with E-state index in [9.17, 15) is 4.79 Å². The van der Waals surface area contributed by atoms with Crippen LogP contribution in [0.3, 0.4) is 0 Å². The second-order valence-electron chi connectivity index (χ2n) is 7.21. The first-order chi connectivity index (χ1) is 13.3. The molecule has 0 saturated carbocycles. The van der Waals surface area contributed by atoms with E-state index in [1.165, 1.54) is 24.9 Å². The molecular weight excluding hydrogens is 340 g/mol. The van der Waals surface area contributed by atoms with Crippen LogP contribution in [0, 0.1) is 0 Å². The van der Waals surface area contributed by atoms with Gasteiger partial charge in [0.25, 0.3) is 0 Å². The summed E-state index contributed by atoms with van der Waals surface area (Å²) in [5.74, 6) is 0. The molecule has 2 aromatic carbocycles. The third kappa shape index (κ3) is 2.91. The van der Waals surface area contributed by atoms with Gasteiger partial charge in [0.15, 0.2) is 0 Å². The van der Waals surface area contributed by atoms with Crippen LogP contribution in [0.2, 0.25) is 0 Å². The molecule has 6 nitrogen and oxygen atoms in total. The average Bonchev–Trinajstić information content (AvgIpc) is 3.34. The number of anilines is 2. The Morgan fingerprint density at radius 3 is 2.81 bits per heavy atom. The fourth-order valence-corrected chi connectivity index (χ4v) is 4.11. The van der Waals surface area contributed by atoms with E-state index < -0.39 is 0 Å². The van der Waals surface area contributed by atoms with Gasteiger partial charge in [0, 0.05) is 18.8 Å². The normalized spacial score (nSPS) is 20.3. The zero-order valence-electron chi connectivity index (χ0n) is 15.1. The van der Waals surface area contributed by atoms with E-state index in [2.05, 4.69) is 39.1 Å². The minimum Gasteiger partial charge on any atom is -0.447 e. The molecule has 0 unspecified atom stereocenters. The van der Waals surface area contributed by atoms with Crippen molar-refractivity contribution >= 4 is 28.5 Å². The van der Waals surface area contributed by atoms with Gasteiger partial charge < -0.3 is 14.6 Å². The van der Waals surface area contributed by atoms with Crippen LogP contribution in [0.5, 0.6) is 0 Å². The lowest BCUT2D eigenvalue weighted by atomic mass is 10.0. The first-order valence-electron chi connectivity index (χ1n) is 9.54. The number of amides is 1. The fraction of sp³-hybridized carbons (Fsp3) is 0.333. The van der Waals surface area contributed by atoms with Crippen LogP contribution < -0.4 is 9.80 Å². The Balaban J connectivity index is 1.48. The summed E-state index contributed by atoms with van der Waals surface area (Å²) in [6, 6.07) is 14.2. The van der Waals surface area contributed by atoms with Crippen LogP contribution in [-0.2, 0) is 4.74 Å². The number of imidazole rings is 1. The second-order valence-corrected chi connectivity index (χ2v) is 7.21. The zero-order valence-corrected chi connectivity index (χ0v) is 15.1. The Bertz CT molecular complexity index is 977. The van der Waals surface area contributed by atoms with Crippen molar-refractivity contribution < 1.29 is 9.53 Å². The van der Waals surface area contributed by atoms with Gasteiger partial charge >= 0.3 is 6.09 Å². The van der Waals surface area contributed by atoms with Gasteiger partial charge in [-0.25, -0.2) is 9.78 Å². The Morgan fingerprint density at radius 1 is 1.04 bits per heavy atom. The number of cyclic esters (lactones) is 1. The SMILES string of the molecule is O=C1OC[C@H](c2cccc(N3CCCCC3)c2)N1c1ccc2nc[nH]c2c1. The van der Waals surface area contributed by atoms with E-state index in [1.54, 1.807) is 11.2 Å². The molecule has 2 fully saturated rings. The molecule has 3 heterocycles. The van der Waals surface area contributed by atoms with Crippen LogP contribution >= 0.6 is 0 Å². The van der Waals surface area contributed by atoms with Crippen molar-refractivity contribution in [1.29, 1.82) is 0 Å². The topological polar surface area (TPSA) is 61.5 Å². The predicted octanol–water partition coefficient (Wildman–Crippen LogP) is 4.25. The third-order valence-corrected chi connectivity index (χ3v) is 5.53. The lowest BCUT2D eigenvalue weighted by Crippen LogP contribution is -2.30. The summed E-state index contributed by atoms with van der Waals surface area (Å²) >= 11 is 0. The smallest absolute Gasteiger partial charge is 0.415 e. The number of carbonyl (C=O) groups excluding carboxylic acids is 1. The lowest BCUT2D eigenvalue weighted by molar-refractivity contribution is 0.179. The number of carbonyl (C=O) groups is 1. The quantitative estimate of drug-likeness (QED) is 0.757. The molecule has 0 aliphatic carbocycles. The number of hydrogen-bond donors (Lipinski definition) is 1. The number of piperidine rings is 1. The fourth-order valence-electron chi connectivity index (χ4n) is 4.11. The van der Waals surface area contributed by atoms with Crippen LogP contribution in [0.25, 0.3) is 11.0 Å². The van der Waals surface area contributed by atoms with Crippen molar-refractivity contribution in [2.24, 2.45) is 0 Å². The summed E-state index contributed by atoms with van der Waals surface area (Å²) in [4.78, 5) is 24.0. The number of nitrogens with one attached hydrogen (secondary N) is 1. The molecule has 2 aliphatic heterocycles. The van der Waals surface area contributed by atoms with E-state index >= 15 is 0 Å². The van der Waals surface area contributed by atoms with Gasteiger partial charge in [0.1, 0.15) is 6.61 Å². The Hall–Kier alpha value is -3.02. The molecule has 2 saturated heterocycles. The number of hydrogen-bond acceptors (Lipinski definition) is 4. The second kappa shape index (κ2) is 6.61. The molecule has 0 radical (unpaired) electrons. The molecule has 138 valence electrons. The lowest BCUT2D eigenvalue weighted by Gasteiger charge is -2.30. The Labute approximate surface area is 157 Å². The van der Waals surface area contributed by atoms with Gasteiger partial charge in [0.05, 0.1) is 29.1 Å². The summed E-state index contributed by atoms with van der Waals surface area (Å²) in [7, 11) is 0. The number of aromatic nitrogens is 2. The van der Waals surface area contributed by atoms with Crippen LogP contribution in [-0.4, -0.2) is 35.8 Å². The van der Waals surface area contributed by atoms with Crippen molar-refractivity contribution in [2.75, 3.05) is 29.5 Å². The van der Waals surface area contributed by atoms with Crippen molar-refractivity contribution in [2.45, 2.75) is 25.3 Å². The van der Waals surface area contributed by atoms with Crippen molar-refractivity contribution in [1.82, 2.24) is 9.97 Å². The molecule has 2 aliphatic rings. The van der Waals surface area contributed by atoms with Crippen molar-refractivity contribution in [3.05, 3.63) is 54.4 Å². The highest BCUT2D eigenvalue weighted by Crippen LogP contribution is 2.35. The number of H-pyrrole nitrogens is 1.